The van der Waals surface area contributed by atoms with Crippen molar-refractivity contribution < 1.29 is 4.39 Å². The fourth-order valence-corrected chi connectivity index (χ4v) is 4.69. The molecule has 1 aromatic carbocycles. The number of fused-ring (bicyclic) bond motifs is 1. The fraction of sp³-hybridized carbons (Fsp3) is 0.412. The summed E-state index contributed by atoms with van der Waals surface area (Å²) in [6.45, 7) is 3.00. The summed E-state index contributed by atoms with van der Waals surface area (Å²) in [5.74, 6) is -0.209. The molecule has 0 saturated carbocycles. The van der Waals surface area contributed by atoms with Crippen LogP contribution in [0.15, 0.2) is 28.7 Å². The van der Waals surface area contributed by atoms with Gasteiger partial charge in [-0.1, -0.05) is 13.0 Å². The van der Waals surface area contributed by atoms with E-state index >= 15 is 0 Å². The average molecular weight is 368 g/mol. The van der Waals surface area contributed by atoms with Gasteiger partial charge in [-0.15, -0.1) is 11.3 Å². The molecule has 0 radical (unpaired) electrons. The summed E-state index contributed by atoms with van der Waals surface area (Å²) in [5.41, 5.74) is 2.63. The van der Waals surface area contributed by atoms with E-state index in [1.165, 1.54) is 42.2 Å². The van der Waals surface area contributed by atoms with E-state index in [0.717, 1.165) is 12.1 Å². The summed E-state index contributed by atoms with van der Waals surface area (Å²) < 4.78 is 14.0. The quantitative estimate of drug-likeness (QED) is 0.780. The second-order valence-electron chi connectivity index (χ2n) is 5.47. The number of hydrogen-bond acceptors (Lipinski definition) is 2. The zero-order chi connectivity index (χ0) is 14.8. The molecule has 1 nitrogen and oxygen atoms in total. The predicted molar refractivity (Wildman–Crippen MR) is 90.6 cm³/mol. The smallest absolute Gasteiger partial charge is 0.137 e. The average Bonchev–Trinajstić information content (AvgIpc) is 2.91. The minimum absolute atomic E-state index is 0.155. The van der Waals surface area contributed by atoms with Crippen LogP contribution >= 0.6 is 27.3 Å². The monoisotopic (exact) mass is 367 g/mol. The van der Waals surface area contributed by atoms with Crippen LogP contribution in [0.5, 0.6) is 0 Å². The minimum Gasteiger partial charge on any atom is -0.306 e. The third-order valence-electron chi connectivity index (χ3n) is 3.99. The van der Waals surface area contributed by atoms with Gasteiger partial charge in [-0.3, -0.25) is 0 Å². The Balaban J connectivity index is 1.96. The van der Waals surface area contributed by atoms with Crippen LogP contribution in [-0.4, -0.2) is 6.54 Å². The van der Waals surface area contributed by atoms with E-state index in [1.54, 1.807) is 4.88 Å². The van der Waals surface area contributed by atoms with Crippen LogP contribution < -0.4 is 5.32 Å². The van der Waals surface area contributed by atoms with E-state index in [2.05, 4.69) is 34.2 Å². The van der Waals surface area contributed by atoms with Crippen molar-refractivity contribution in [2.75, 3.05) is 6.54 Å². The molecule has 1 aromatic heterocycles. The zero-order valence-corrected chi connectivity index (χ0v) is 14.5. The largest absolute Gasteiger partial charge is 0.306 e. The lowest BCUT2D eigenvalue weighted by Crippen LogP contribution is -2.21. The van der Waals surface area contributed by atoms with Gasteiger partial charge in [0.15, 0.2) is 0 Å². The van der Waals surface area contributed by atoms with Crippen LogP contribution in [0.1, 0.15) is 46.7 Å². The topological polar surface area (TPSA) is 12.0 Å². The Bertz CT molecular complexity index is 614. The van der Waals surface area contributed by atoms with Gasteiger partial charge < -0.3 is 5.32 Å². The lowest BCUT2D eigenvalue weighted by atomic mass is 9.98. The van der Waals surface area contributed by atoms with Crippen molar-refractivity contribution in [1.82, 2.24) is 5.32 Å². The van der Waals surface area contributed by atoms with E-state index in [1.807, 2.05) is 23.5 Å². The number of aryl methyl sites for hydroxylation is 2. The molecule has 1 N–H and O–H groups in total. The Hall–Kier alpha value is -0.710. The molecule has 2 aromatic rings. The maximum Gasteiger partial charge on any atom is 0.137 e. The van der Waals surface area contributed by atoms with Crippen LogP contribution in [0.25, 0.3) is 0 Å². The van der Waals surface area contributed by atoms with Gasteiger partial charge >= 0.3 is 0 Å². The molecule has 0 spiro atoms. The summed E-state index contributed by atoms with van der Waals surface area (Å²) in [4.78, 5) is 2.89. The van der Waals surface area contributed by atoms with Gasteiger partial charge in [0, 0.05) is 9.75 Å². The Morgan fingerprint density at radius 1 is 1.29 bits per heavy atom. The second kappa shape index (κ2) is 6.59. The standard InChI is InChI=1S/C17H19BrFNS/c1-2-20-17(12-7-8-14(19)13(18)9-12)16-10-11-5-3-4-6-15(11)21-16/h7-10,17,20H,2-6H2,1H3. The summed E-state index contributed by atoms with van der Waals surface area (Å²) in [6.07, 6.45) is 5.03. The molecule has 1 heterocycles. The molecule has 0 saturated heterocycles. The molecular formula is C17H19BrFNS. The Morgan fingerprint density at radius 3 is 2.81 bits per heavy atom. The number of halogens is 2. The molecule has 0 bridgehead atoms. The number of hydrogen-bond donors (Lipinski definition) is 1. The van der Waals surface area contributed by atoms with Gasteiger partial charge in [0.2, 0.25) is 0 Å². The third-order valence-corrected chi connectivity index (χ3v) is 5.90. The molecule has 0 amide bonds. The summed E-state index contributed by atoms with van der Waals surface area (Å²) in [6, 6.07) is 7.82. The molecule has 0 aliphatic heterocycles. The highest BCUT2D eigenvalue weighted by Gasteiger charge is 2.20. The number of benzene rings is 1. The number of nitrogens with one attached hydrogen (secondary N) is 1. The molecule has 21 heavy (non-hydrogen) atoms. The van der Waals surface area contributed by atoms with Crippen LogP contribution in [0.2, 0.25) is 0 Å². The minimum atomic E-state index is -0.209. The van der Waals surface area contributed by atoms with Crippen LogP contribution in [-0.2, 0) is 12.8 Å². The summed E-state index contributed by atoms with van der Waals surface area (Å²) in [5, 5.41) is 3.54. The maximum atomic E-state index is 13.5. The first kappa shape index (κ1) is 15.2. The maximum absolute atomic E-state index is 13.5. The van der Waals surface area contributed by atoms with Crippen molar-refractivity contribution in [3.05, 3.63) is 55.4 Å². The van der Waals surface area contributed by atoms with Gasteiger partial charge in [-0.2, -0.15) is 0 Å². The highest BCUT2D eigenvalue weighted by atomic mass is 79.9. The second-order valence-corrected chi connectivity index (χ2v) is 7.49. The Morgan fingerprint density at radius 2 is 2.10 bits per heavy atom. The lowest BCUT2D eigenvalue weighted by molar-refractivity contribution is 0.611. The van der Waals surface area contributed by atoms with Gasteiger partial charge in [0.05, 0.1) is 10.5 Å². The van der Waals surface area contributed by atoms with Gasteiger partial charge in [0.25, 0.3) is 0 Å². The van der Waals surface area contributed by atoms with Gasteiger partial charge in [-0.05, 0) is 77.5 Å². The normalized spacial score (nSPS) is 15.8. The molecule has 1 aliphatic rings. The van der Waals surface area contributed by atoms with Crippen molar-refractivity contribution in [1.29, 1.82) is 0 Å². The first-order chi connectivity index (χ1) is 10.2. The van der Waals surface area contributed by atoms with Crippen molar-refractivity contribution >= 4 is 27.3 Å². The van der Waals surface area contributed by atoms with Crippen molar-refractivity contribution in [3.8, 4) is 0 Å². The van der Waals surface area contributed by atoms with E-state index in [-0.39, 0.29) is 11.9 Å². The van der Waals surface area contributed by atoms with E-state index < -0.39 is 0 Å². The SMILES string of the molecule is CCNC(c1ccc(F)c(Br)c1)c1cc2c(s1)CCCC2. The third kappa shape index (κ3) is 3.22. The lowest BCUT2D eigenvalue weighted by Gasteiger charge is -2.17. The molecule has 3 rings (SSSR count). The van der Waals surface area contributed by atoms with Crippen LogP contribution in [0.3, 0.4) is 0 Å². The molecule has 1 aliphatic carbocycles. The Labute approximate surface area is 137 Å². The molecule has 1 atom stereocenters. The summed E-state index contributed by atoms with van der Waals surface area (Å²) in [7, 11) is 0. The van der Waals surface area contributed by atoms with Gasteiger partial charge in [0.1, 0.15) is 5.82 Å². The molecule has 0 fully saturated rings. The zero-order valence-electron chi connectivity index (χ0n) is 12.1. The van der Waals surface area contributed by atoms with E-state index in [9.17, 15) is 4.39 Å². The fourth-order valence-electron chi connectivity index (χ4n) is 2.93. The number of thiophene rings is 1. The van der Waals surface area contributed by atoms with Gasteiger partial charge in [-0.25, -0.2) is 4.39 Å². The predicted octanol–water partition coefficient (Wildman–Crippen LogP) is 5.23. The highest BCUT2D eigenvalue weighted by Crippen LogP contribution is 2.36. The molecule has 112 valence electrons. The van der Waals surface area contributed by atoms with Crippen molar-refractivity contribution in [2.45, 2.75) is 38.6 Å². The molecule has 1 unspecified atom stereocenters. The first-order valence-electron chi connectivity index (χ1n) is 7.49. The molecule has 4 heteroatoms. The van der Waals surface area contributed by atoms with E-state index in [4.69, 9.17) is 0 Å². The van der Waals surface area contributed by atoms with Crippen LogP contribution in [0.4, 0.5) is 4.39 Å². The number of rotatable bonds is 4. The first-order valence-corrected chi connectivity index (χ1v) is 9.09. The van der Waals surface area contributed by atoms with Crippen molar-refractivity contribution in [3.63, 3.8) is 0 Å². The highest BCUT2D eigenvalue weighted by molar-refractivity contribution is 9.10. The molecular weight excluding hydrogens is 349 g/mol. The summed E-state index contributed by atoms with van der Waals surface area (Å²) >= 11 is 5.21. The van der Waals surface area contributed by atoms with E-state index in [0.29, 0.717) is 4.47 Å². The van der Waals surface area contributed by atoms with Crippen LogP contribution in [0, 0.1) is 5.82 Å². The Kier molecular flexibility index (Phi) is 4.77. The van der Waals surface area contributed by atoms with Crippen molar-refractivity contribution in [2.24, 2.45) is 0 Å².